The highest BCUT2D eigenvalue weighted by Gasteiger charge is 2.23. The minimum Gasteiger partial charge on any atom is -0.504 e. The molecule has 10 heteroatoms. The van der Waals surface area contributed by atoms with E-state index in [1.807, 2.05) is 12.1 Å². The van der Waals surface area contributed by atoms with Crippen LogP contribution in [0.2, 0.25) is 0 Å². The number of hydrogen-bond acceptors (Lipinski definition) is 6. The predicted octanol–water partition coefficient (Wildman–Crippen LogP) is 9.47. The van der Waals surface area contributed by atoms with Crippen molar-refractivity contribution in [3.8, 4) is 11.5 Å². The lowest BCUT2D eigenvalue weighted by Gasteiger charge is -1.98. The highest BCUT2D eigenvalue weighted by Crippen LogP contribution is 2.35. The van der Waals surface area contributed by atoms with Crippen molar-refractivity contribution in [2.75, 3.05) is 0 Å². The van der Waals surface area contributed by atoms with E-state index in [1.165, 1.54) is 0 Å². The Morgan fingerprint density at radius 2 is 0.925 bits per heavy atom. The Morgan fingerprint density at radius 1 is 0.575 bits per heavy atom. The number of carbonyl (C=O) groups excluding carboxylic acids is 2. The van der Waals surface area contributed by atoms with E-state index < -0.39 is 0 Å². The van der Waals surface area contributed by atoms with E-state index in [4.69, 9.17) is 8.83 Å². The average Bonchev–Trinajstić information content (AvgIpc) is 3.45. The molecule has 0 fully saturated rings. The van der Waals surface area contributed by atoms with Gasteiger partial charge in [-0.3, -0.25) is 9.59 Å². The molecule has 0 spiro atoms. The second kappa shape index (κ2) is 12.0. The van der Waals surface area contributed by atoms with Crippen LogP contribution in [0.1, 0.15) is 32.2 Å². The van der Waals surface area contributed by atoms with Crippen LogP contribution >= 0.6 is 77.0 Å². The fourth-order valence-electron chi connectivity index (χ4n) is 3.89. The Hall–Kier alpha value is -2.68. The maximum atomic E-state index is 12.4. The number of carbonyl (C=O) groups is 2. The first-order chi connectivity index (χ1) is 19.1. The zero-order chi connectivity index (χ0) is 28.6. The molecule has 0 saturated carbocycles. The minimum absolute atomic E-state index is 0.0238. The molecule has 0 radical (unpaired) electrons. The molecule has 0 amide bonds. The largest absolute Gasteiger partial charge is 0.504 e. The molecule has 0 aliphatic heterocycles. The van der Waals surface area contributed by atoms with Gasteiger partial charge in [0, 0.05) is 27.2 Å². The molecule has 40 heavy (non-hydrogen) atoms. The van der Waals surface area contributed by atoms with Crippen molar-refractivity contribution in [2.45, 2.75) is 0 Å². The molecule has 0 aliphatic rings. The Labute approximate surface area is 271 Å². The van der Waals surface area contributed by atoms with E-state index in [-0.39, 0.29) is 34.6 Å². The zero-order valence-corrected chi connectivity index (χ0v) is 27.6. The van der Waals surface area contributed by atoms with Gasteiger partial charge in [-0.05, 0) is 130 Å². The normalized spacial score (nSPS) is 10.9. The summed E-state index contributed by atoms with van der Waals surface area (Å²) in [5.74, 6) is -0.922. The molecule has 0 unspecified atom stereocenters. The fourth-order valence-corrected chi connectivity index (χ4v) is 5.40. The van der Waals surface area contributed by atoms with Gasteiger partial charge in [0.2, 0.25) is 23.1 Å². The predicted molar refractivity (Wildman–Crippen MR) is 176 cm³/mol. The van der Waals surface area contributed by atoms with Gasteiger partial charge in [-0.15, -0.1) is 0 Å². The van der Waals surface area contributed by atoms with Crippen LogP contribution in [-0.2, 0) is 0 Å². The number of aromatic hydroxyl groups is 2. The molecular weight excluding hydrogens is 870 g/mol. The first-order valence-electron chi connectivity index (χ1n) is 11.5. The third kappa shape index (κ3) is 5.99. The van der Waals surface area contributed by atoms with Crippen LogP contribution in [0, 0.1) is 7.14 Å². The summed E-state index contributed by atoms with van der Waals surface area (Å²) < 4.78 is 14.7. The number of hydrogen-bond donors (Lipinski definition) is 2. The van der Waals surface area contributed by atoms with Gasteiger partial charge in [-0.25, -0.2) is 0 Å². The molecule has 6 aromatic rings. The Bertz CT molecular complexity index is 1750. The lowest BCUT2D eigenvalue weighted by molar-refractivity contribution is 0.1000. The SMILES string of the molecule is O=C(c1ccc(Br)cc1)c1oc2ccc(I)cc2c1O.O=C(c1ccc(Br)cc1)c1oc2ccc(I)cc2c1O. The number of rotatable bonds is 4. The number of halogens is 4. The van der Waals surface area contributed by atoms with Crippen molar-refractivity contribution < 1.29 is 28.6 Å². The maximum absolute atomic E-state index is 12.4. The Kier molecular flexibility index (Phi) is 8.69. The summed E-state index contributed by atoms with van der Waals surface area (Å²) in [4.78, 5) is 24.7. The first-order valence-corrected chi connectivity index (χ1v) is 15.3. The van der Waals surface area contributed by atoms with Gasteiger partial charge in [-0.2, -0.15) is 0 Å². The highest BCUT2D eigenvalue weighted by atomic mass is 127. The van der Waals surface area contributed by atoms with E-state index in [1.54, 1.807) is 72.8 Å². The van der Waals surface area contributed by atoms with Crippen LogP contribution in [0.5, 0.6) is 11.5 Å². The van der Waals surface area contributed by atoms with Gasteiger partial charge in [0.15, 0.2) is 11.5 Å². The molecule has 200 valence electrons. The lowest BCUT2D eigenvalue weighted by atomic mass is 10.1. The van der Waals surface area contributed by atoms with E-state index >= 15 is 0 Å². The molecule has 0 bridgehead atoms. The molecule has 0 saturated heterocycles. The summed E-state index contributed by atoms with van der Waals surface area (Å²) in [6, 6.07) is 24.6. The smallest absolute Gasteiger partial charge is 0.232 e. The zero-order valence-electron chi connectivity index (χ0n) is 20.1. The molecule has 6 rings (SSSR count). The molecule has 2 heterocycles. The van der Waals surface area contributed by atoms with Gasteiger partial charge in [0.1, 0.15) is 11.2 Å². The average molecular weight is 886 g/mol. The summed E-state index contributed by atoms with van der Waals surface area (Å²) in [6.45, 7) is 0. The molecule has 0 atom stereocenters. The quantitative estimate of drug-likeness (QED) is 0.135. The van der Waals surface area contributed by atoms with Crippen LogP contribution < -0.4 is 0 Å². The van der Waals surface area contributed by atoms with Crippen LogP contribution in [-0.4, -0.2) is 21.8 Å². The van der Waals surface area contributed by atoms with Crippen molar-refractivity contribution in [3.05, 3.63) is 124 Å². The molecule has 2 N–H and O–H groups in total. The lowest BCUT2D eigenvalue weighted by Crippen LogP contribution is -1.99. The summed E-state index contributed by atoms with van der Waals surface area (Å²) in [7, 11) is 0. The van der Waals surface area contributed by atoms with Gasteiger partial charge >= 0.3 is 0 Å². The monoisotopic (exact) mass is 884 g/mol. The molecular formula is C30H16Br2I2O6. The van der Waals surface area contributed by atoms with Crippen LogP contribution in [0.15, 0.2) is 103 Å². The third-order valence-corrected chi connectivity index (χ3v) is 8.27. The van der Waals surface area contributed by atoms with Crippen molar-refractivity contribution in [3.63, 3.8) is 0 Å². The van der Waals surface area contributed by atoms with Crippen LogP contribution in [0.3, 0.4) is 0 Å². The van der Waals surface area contributed by atoms with Crippen molar-refractivity contribution in [1.82, 2.24) is 0 Å². The van der Waals surface area contributed by atoms with Gasteiger partial charge in [0.25, 0.3) is 0 Å². The van der Waals surface area contributed by atoms with Crippen molar-refractivity contribution >= 4 is 111 Å². The summed E-state index contributed by atoms with van der Waals surface area (Å²) in [5, 5.41) is 21.5. The van der Waals surface area contributed by atoms with E-state index in [0.717, 1.165) is 16.1 Å². The van der Waals surface area contributed by atoms with Crippen molar-refractivity contribution in [1.29, 1.82) is 0 Å². The Morgan fingerprint density at radius 3 is 1.27 bits per heavy atom. The summed E-state index contributed by atoms with van der Waals surface area (Å²) >= 11 is 10.9. The van der Waals surface area contributed by atoms with Crippen LogP contribution in [0.25, 0.3) is 21.9 Å². The molecule has 0 aliphatic carbocycles. The van der Waals surface area contributed by atoms with E-state index in [9.17, 15) is 19.8 Å². The number of benzene rings is 4. The summed E-state index contributed by atoms with van der Waals surface area (Å²) in [5.41, 5.74) is 1.95. The Balaban J connectivity index is 0.000000161. The molecule has 2 aromatic heterocycles. The van der Waals surface area contributed by atoms with Gasteiger partial charge < -0.3 is 19.0 Å². The standard InChI is InChI=1S/2C15H8BrIO3/c2*16-9-3-1-8(2-4-9)13(18)15-14(19)11-7-10(17)5-6-12(11)20-15/h2*1-7,19H. The third-order valence-electron chi connectivity index (χ3n) is 5.87. The number of fused-ring (bicyclic) bond motifs is 2. The maximum Gasteiger partial charge on any atom is 0.232 e. The number of furan rings is 2. The van der Waals surface area contributed by atoms with E-state index in [2.05, 4.69) is 77.0 Å². The minimum atomic E-state index is -0.332. The summed E-state index contributed by atoms with van der Waals surface area (Å²) in [6.07, 6.45) is 0. The van der Waals surface area contributed by atoms with Gasteiger partial charge in [0.05, 0.1) is 10.8 Å². The topological polar surface area (TPSA) is 101 Å². The fraction of sp³-hybridized carbons (Fsp3) is 0. The van der Waals surface area contributed by atoms with E-state index in [0.29, 0.717) is 33.1 Å². The van der Waals surface area contributed by atoms with Gasteiger partial charge in [-0.1, -0.05) is 31.9 Å². The highest BCUT2D eigenvalue weighted by molar-refractivity contribution is 14.1. The van der Waals surface area contributed by atoms with Crippen molar-refractivity contribution in [2.24, 2.45) is 0 Å². The first kappa shape index (κ1) is 28.8. The second-order valence-corrected chi connectivity index (χ2v) is 12.8. The molecule has 4 aromatic carbocycles. The number of ketones is 2. The second-order valence-electron chi connectivity index (χ2n) is 8.51. The molecule has 6 nitrogen and oxygen atoms in total. The van der Waals surface area contributed by atoms with Crippen LogP contribution in [0.4, 0.5) is 0 Å².